The van der Waals surface area contributed by atoms with Gasteiger partial charge in [0.1, 0.15) is 11.4 Å². The predicted molar refractivity (Wildman–Crippen MR) is 66.8 cm³/mol. The van der Waals surface area contributed by atoms with Gasteiger partial charge in [-0.3, -0.25) is 4.98 Å². The van der Waals surface area contributed by atoms with E-state index in [1.807, 2.05) is 0 Å². The van der Waals surface area contributed by atoms with Crippen molar-refractivity contribution in [3.05, 3.63) is 30.6 Å². The smallest absolute Gasteiger partial charge is 0.262 e. The second-order valence-electron chi connectivity index (χ2n) is 3.78. The molecule has 8 heteroatoms. The average molecular weight is 271 g/mol. The van der Waals surface area contributed by atoms with Gasteiger partial charge in [-0.15, -0.1) is 10.2 Å². The first kappa shape index (κ1) is 12.0. The zero-order valence-corrected chi connectivity index (χ0v) is 10.4. The zero-order chi connectivity index (χ0) is 13.9. The monoisotopic (exact) mass is 271 g/mol. The van der Waals surface area contributed by atoms with Crippen LogP contribution >= 0.6 is 0 Å². The van der Waals surface area contributed by atoms with Gasteiger partial charge in [-0.1, -0.05) is 5.16 Å². The molecule has 0 unspecified atom stereocenters. The molecule has 3 aromatic rings. The van der Waals surface area contributed by atoms with E-state index in [9.17, 15) is 5.11 Å². The molecule has 0 aliphatic rings. The summed E-state index contributed by atoms with van der Waals surface area (Å²) in [4.78, 5) is 7.94. The Kier molecular flexibility index (Phi) is 2.96. The molecule has 0 aliphatic heterocycles. The fourth-order valence-electron chi connectivity index (χ4n) is 1.55. The van der Waals surface area contributed by atoms with Crippen molar-refractivity contribution >= 4 is 0 Å². The molecule has 0 amide bonds. The van der Waals surface area contributed by atoms with Gasteiger partial charge in [0.2, 0.25) is 11.7 Å². The molecule has 0 bridgehead atoms. The molecule has 3 aromatic heterocycles. The van der Waals surface area contributed by atoms with E-state index < -0.39 is 0 Å². The maximum atomic E-state index is 9.68. The molecular formula is C12H9N5O3. The van der Waals surface area contributed by atoms with E-state index in [4.69, 9.17) is 9.26 Å². The molecule has 0 atom stereocenters. The van der Waals surface area contributed by atoms with Crippen LogP contribution in [-0.2, 0) is 0 Å². The van der Waals surface area contributed by atoms with Crippen molar-refractivity contribution in [2.24, 2.45) is 0 Å². The largest absolute Gasteiger partial charge is 0.505 e. The van der Waals surface area contributed by atoms with Crippen LogP contribution < -0.4 is 4.74 Å². The lowest BCUT2D eigenvalue weighted by molar-refractivity contribution is 0.392. The number of methoxy groups -OCH3 is 1. The van der Waals surface area contributed by atoms with Gasteiger partial charge in [0.25, 0.3) is 5.89 Å². The summed E-state index contributed by atoms with van der Waals surface area (Å²) < 4.78 is 10.0. The van der Waals surface area contributed by atoms with Crippen molar-refractivity contribution in [3.8, 4) is 34.6 Å². The average Bonchev–Trinajstić information content (AvgIpc) is 2.97. The number of nitrogens with zero attached hydrogens (tertiary/aromatic N) is 5. The SMILES string of the molecule is COc1ccc(-c2noc(-c3ccncc3O)n2)nn1. The fraction of sp³-hybridized carbons (Fsp3) is 0.0833. The number of hydrogen-bond donors (Lipinski definition) is 1. The molecule has 0 saturated carbocycles. The van der Waals surface area contributed by atoms with Gasteiger partial charge in [-0.05, 0) is 12.1 Å². The van der Waals surface area contributed by atoms with Gasteiger partial charge in [-0.2, -0.15) is 4.98 Å². The standard InChI is InChI=1S/C12H9N5O3/c1-19-10-3-2-8(15-16-10)11-14-12(20-17-11)7-4-5-13-6-9(7)18/h2-6,18H,1H3. The maximum Gasteiger partial charge on any atom is 0.262 e. The van der Waals surface area contributed by atoms with Crippen LogP contribution in [0.15, 0.2) is 35.1 Å². The minimum absolute atomic E-state index is 0.0384. The Labute approximate surface area is 113 Å². The van der Waals surface area contributed by atoms with Crippen molar-refractivity contribution in [1.82, 2.24) is 25.3 Å². The highest BCUT2D eigenvalue weighted by atomic mass is 16.5. The van der Waals surface area contributed by atoms with E-state index in [1.54, 1.807) is 18.2 Å². The molecule has 0 aliphatic carbocycles. The lowest BCUT2D eigenvalue weighted by Gasteiger charge is -1.97. The molecule has 0 aromatic carbocycles. The van der Waals surface area contributed by atoms with Crippen LogP contribution in [0.4, 0.5) is 0 Å². The van der Waals surface area contributed by atoms with Crippen LogP contribution in [0, 0.1) is 0 Å². The molecule has 0 radical (unpaired) electrons. The first-order valence-corrected chi connectivity index (χ1v) is 5.63. The zero-order valence-electron chi connectivity index (χ0n) is 10.4. The first-order chi connectivity index (χ1) is 9.78. The highest BCUT2D eigenvalue weighted by Crippen LogP contribution is 2.27. The van der Waals surface area contributed by atoms with E-state index in [2.05, 4.69) is 25.3 Å². The van der Waals surface area contributed by atoms with E-state index in [0.717, 1.165) is 0 Å². The number of ether oxygens (including phenoxy) is 1. The topological polar surface area (TPSA) is 107 Å². The van der Waals surface area contributed by atoms with Crippen LogP contribution in [0.5, 0.6) is 11.6 Å². The molecular weight excluding hydrogens is 262 g/mol. The Morgan fingerprint density at radius 2 is 2.10 bits per heavy atom. The first-order valence-electron chi connectivity index (χ1n) is 5.63. The highest BCUT2D eigenvalue weighted by Gasteiger charge is 2.14. The van der Waals surface area contributed by atoms with Crippen LogP contribution in [-0.4, -0.2) is 37.5 Å². The van der Waals surface area contributed by atoms with Crippen molar-refractivity contribution in [2.75, 3.05) is 7.11 Å². The number of aromatic hydroxyl groups is 1. The quantitative estimate of drug-likeness (QED) is 0.759. The Morgan fingerprint density at radius 1 is 1.20 bits per heavy atom. The Morgan fingerprint density at radius 3 is 2.80 bits per heavy atom. The van der Waals surface area contributed by atoms with E-state index in [-0.39, 0.29) is 17.5 Å². The number of hydrogen-bond acceptors (Lipinski definition) is 8. The van der Waals surface area contributed by atoms with Crippen molar-refractivity contribution < 1.29 is 14.4 Å². The fourth-order valence-corrected chi connectivity index (χ4v) is 1.55. The van der Waals surface area contributed by atoms with E-state index in [1.165, 1.54) is 19.5 Å². The third-order valence-electron chi connectivity index (χ3n) is 2.53. The summed E-state index contributed by atoms with van der Waals surface area (Å²) in [6, 6.07) is 4.88. The molecule has 1 N–H and O–H groups in total. The van der Waals surface area contributed by atoms with E-state index in [0.29, 0.717) is 17.1 Å². The normalized spacial score (nSPS) is 10.4. The molecule has 0 spiro atoms. The molecule has 0 saturated heterocycles. The van der Waals surface area contributed by atoms with Gasteiger partial charge in [-0.25, -0.2) is 0 Å². The van der Waals surface area contributed by atoms with Crippen LogP contribution in [0.1, 0.15) is 0 Å². The van der Waals surface area contributed by atoms with Crippen LogP contribution in [0.3, 0.4) is 0 Å². The number of aromatic nitrogens is 5. The third-order valence-corrected chi connectivity index (χ3v) is 2.53. The van der Waals surface area contributed by atoms with Crippen molar-refractivity contribution in [3.63, 3.8) is 0 Å². The summed E-state index contributed by atoms with van der Waals surface area (Å²) in [6.07, 6.45) is 2.82. The Bertz CT molecular complexity index is 726. The predicted octanol–water partition coefficient (Wildman–Crippen LogP) is 1.30. The van der Waals surface area contributed by atoms with Gasteiger partial charge in [0.15, 0.2) is 0 Å². The second-order valence-corrected chi connectivity index (χ2v) is 3.78. The molecule has 3 rings (SSSR count). The summed E-state index contributed by atoms with van der Waals surface area (Å²) in [5.74, 6) is 0.802. The lowest BCUT2D eigenvalue weighted by atomic mass is 10.2. The molecule has 8 nitrogen and oxygen atoms in total. The summed E-state index contributed by atoms with van der Waals surface area (Å²) in [5, 5.41) is 21.2. The molecule has 3 heterocycles. The summed E-state index contributed by atoms with van der Waals surface area (Å²) in [7, 11) is 1.50. The second kappa shape index (κ2) is 4.92. The molecule has 100 valence electrons. The molecule has 0 fully saturated rings. The number of pyridine rings is 1. The van der Waals surface area contributed by atoms with Gasteiger partial charge in [0.05, 0.1) is 18.9 Å². The minimum atomic E-state index is -0.0384. The van der Waals surface area contributed by atoms with Crippen LogP contribution in [0.25, 0.3) is 23.0 Å². The Balaban J connectivity index is 1.95. The summed E-state index contributed by atoms with van der Waals surface area (Å²) in [6.45, 7) is 0. The lowest BCUT2D eigenvalue weighted by Crippen LogP contribution is -1.93. The van der Waals surface area contributed by atoms with Crippen molar-refractivity contribution in [2.45, 2.75) is 0 Å². The maximum absolute atomic E-state index is 9.68. The van der Waals surface area contributed by atoms with Gasteiger partial charge >= 0.3 is 0 Å². The molecule has 20 heavy (non-hydrogen) atoms. The summed E-state index contributed by atoms with van der Waals surface area (Å²) >= 11 is 0. The third kappa shape index (κ3) is 2.14. The Hall–Kier alpha value is -3.03. The van der Waals surface area contributed by atoms with Gasteiger partial charge in [0, 0.05) is 12.3 Å². The van der Waals surface area contributed by atoms with Gasteiger partial charge < -0.3 is 14.4 Å². The minimum Gasteiger partial charge on any atom is -0.505 e. The number of rotatable bonds is 3. The van der Waals surface area contributed by atoms with Crippen molar-refractivity contribution in [1.29, 1.82) is 0 Å². The van der Waals surface area contributed by atoms with Crippen LogP contribution in [0.2, 0.25) is 0 Å². The van der Waals surface area contributed by atoms with E-state index >= 15 is 0 Å². The highest BCUT2D eigenvalue weighted by molar-refractivity contribution is 5.62. The summed E-state index contributed by atoms with van der Waals surface area (Å²) in [5.41, 5.74) is 0.842.